The lowest BCUT2D eigenvalue weighted by molar-refractivity contribution is 0.593. The van der Waals surface area contributed by atoms with Crippen LogP contribution >= 0.6 is 22.9 Å². The molecule has 1 N–H and O–H groups in total. The minimum absolute atomic E-state index is 0.296. The molecule has 0 radical (unpaired) electrons. The van der Waals surface area contributed by atoms with Gasteiger partial charge < -0.3 is 5.32 Å². The number of anilines is 1. The van der Waals surface area contributed by atoms with Crippen molar-refractivity contribution in [3.05, 3.63) is 10.0 Å². The molecule has 0 spiro atoms. The molecule has 1 aromatic heterocycles. The Morgan fingerprint density at radius 3 is 2.93 bits per heavy atom. The molecule has 0 amide bonds. The third-order valence-electron chi connectivity index (χ3n) is 1.99. The fourth-order valence-corrected chi connectivity index (χ4v) is 1.81. The molecule has 0 aromatic carbocycles. The summed E-state index contributed by atoms with van der Waals surface area (Å²) in [5.74, 6) is 0.600. The van der Waals surface area contributed by atoms with Crippen LogP contribution in [0, 0.1) is 17.2 Å². The van der Waals surface area contributed by atoms with Crippen molar-refractivity contribution in [2.45, 2.75) is 20.3 Å². The van der Waals surface area contributed by atoms with Gasteiger partial charge >= 0.3 is 0 Å². The van der Waals surface area contributed by atoms with E-state index in [-0.39, 0.29) is 0 Å². The molecule has 0 aliphatic carbocycles. The van der Waals surface area contributed by atoms with Crippen molar-refractivity contribution < 1.29 is 0 Å². The lowest BCUT2D eigenvalue weighted by Crippen LogP contribution is -2.09. The molecule has 0 saturated heterocycles. The molecule has 1 aromatic rings. The van der Waals surface area contributed by atoms with Crippen molar-refractivity contribution in [3.8, 4) is 6.07 Å². The molecule has 0 aliphatic rings. The van der Waals surface area contributed by atoms with Crippen molar-refractivity contribution in [2.75, 3.05) is 11.9 Å². The van der Waals surface area contributed by atoms with Gasteiger partial charge in [-0.2, -0.15) is 5.26 Å². The van der Waals surface area contributed by atoms with Crippen LogP contribution < -0.4 is 5.32 Å². The average Bonchev–Trinajstić information content (AvgIpc) is 2.55. The van der Waals surface area contributed by atoms with Gasteiger partial charge in [0.25, 0.3) is 0 Å². The van der Waals surface area contributed by atoms with E-state index < -0.39 is 0 Å². The highest BCUT2D eigenvalue weighted by Crippen LogP contribution is 2.25. The average molecular weight is 230 g/mol. The Morgan fingerprint density at radius 1 is 1.71 bits per heavy atom. The molecule has 1 heterocycles. The summed E-state index contributed by atoms with van der Waals surface area (Å²) >= 11 is 7.03. The van der Waals surface area contributed by atoms with Crippen LogP contribution in [-0.2, 0) is 0 Å². The van der Waals surface area contributed by atoms with Crippen LogP contribution in [0.1, 0.15) is 25.1 Å². The van der Waals surface area contributed by atoms with Gasteiger partial charge in [0, 0.05) is 6.54 Å². The van der Waals surface area contributed by atoms with Crippen LogP contribution in [0.4, 0.5) is 5.13 Å². The predicted octanol–water partition coefficient (Wildman–Crippen LogP) is 3.13. The monoisotopic (exact) mass is 229 g/mol. The number of nitriles is 1. The van der Waals surface area contributed by atoms with Gasteiger partial charge in [-0.25, -0.2) is 4.98 Å². The normalized spacial score (nSPS) is 12.1. The van der Waals surface area contributed by atoms with Crippen molar-refractivity contribution in [3.63, 3.8) is 0 Å². The third kappa shape index (κ3) is 2.86. The van der Waals surface area contributed by atoms with E-state index in [1.165, 1.54) is 11.3 Å². The van der Waals surface area contributed by atoms with Gasteiger partial charge in [-0.15, -0.1) is 0 Å². The zero-order chi connectivity index (χ0) is 10.6. The standard InChI is InChI=1S/C9H12ClN3S/c1-3-6(2)5-12-9-13-8(10)7(4-11)14-9/h6H,3,5H2,1-2H3,(H,12,13). The first-order chi connectivity index (χ1) is 6.67. The largest absolute Gasteiger partial charge is 0.361 e. The second-order valence-corrected chi connectivity index (χ2v) is 4.50. The fourth-order valence-electron chi connectivity index (χ4n) is 0.852. The predicted molar refractivity (Wildman–Crippen MR) is 59.8 cm³/mol. The molecule has 1 atom stereocenters. The van der Waals surface area contributed by atoms with E-state index in [0.717, 1.165) is 18.1 Å². The smallest absolute Gasteiger partial charge is 0.185 e. The molecule has 1 rings (SSSR count). The summed E-state index contributed by atoms with van der Waals surface area (Å²) in [7, 11) is 0. The number of aromatic nitrogens is 1. The van der Waals surface area contributed by atoms with Crippen LogP contribution in [-0.4, -0.2) is 11.5 Å². The lowest BCUT2D eigenvalue weighted by atomic mass is 10.1. The molecular formula is C9H12ClN3S. The Labute approximate surface area is 92.7 Å². The molecule has 1 unspecified atom stereocenters. The first kappa shape index (κ1) is 11.3. The second kappa shape index (κ2) is 5.18. The number of nitrogens with zero attached hydrogens (tertiary/aromatic N) is 2. The molecule has 0 fully saturated rings. The van der Waals surface area contributed by atoms with Crippen LogP contribution in [0.3, 0.4) is 0 Å². The summed E-state index contributed by atoms with van der Waals surface area (Å²) in [6, 6.07) is 2.00. The van der Waals surface area contributed by atoms with Crippen LogP contribution in [0.25, 0.3) is 0 Å². The minimum Gasteiger partial charge on any atom is -0.361 e. The fraction of sp³-hybridized carbons (Fsp3) is 0.556. The number of rotatable bonds is 4. The number of thiazole rings is 1. The van der Waals surface area contributed by atoms with Gasteiger partial charge in [0.2, 0.25) is 0 Å². The lowest BCUT2D eigenvalue weighted by Gasteiger charge is -2.07. The van der Waals surface area contributed by atoms with Crippen molar-refractivity contribution in [1.82, 2.24) is 4.98 Å². The van der Waals surface area contributed by atoms with Crippen molar-refractivity contribution in [1.29, 1.82) is 5.26 Å². The summed E-state index contributed by atoms with van der Waals surface area (Å²) in [6.07, 6.45) is 1.12. The number of hydrogen-bond acceptors (Lipinski definition) is 4. The Kier molecular flexibility index (Phi) is 4.18. The highest BCUT2D eigenvalue weighted by Gasteiger charge is 2.08. The summed E-state index contributed by atoms with van der Waals surface area (Å²) in [6.45, 7) is 5.17. The number of nitrogens with one attached hydrogen (secondary N) is 1. The van der Waals surface area contributed by atoms with Gasteiger partial charge in [0.1, 0.15) is 10.9 Å². The Bertz CT molecular complexity index is 342. The van der Waals surface area contributed by atoms with Gasteiger partial charge in [-0.1, -0.05) is 43.2 Å². The zero-order valence-electron chi connectivity index (χ0n) is 8.17. The van der Waals surface area contributed by atoms with E-state index >= 15 is 0 Å². The van der Waals surface area contributed by atoms with Crippen molar-refractivity contribution in [2.24, 2.45) is 5.92 Å². The molecule has 76 valence electrons. The first-order valence-electron chi connectivity index (χ1n) is 4.47. The Hall–Kier alpha value is -0.790. The van der Waals surface area contributed by atoms with E-state index in [2.05, 4.69) is 24.1 Å². The van der Waals surface area contributed by atoms with E-state index in [9.17, 15) is 0 Å². The zero-order valence-corrected chi connectivity index (χ0v) is 9.74. The van der Waals surface area contributed by atoms with Gasteiger partial charge in [-0.3, -0.25) is 0 Å². The molecule has 5 heteroatoms. The molecule has 14 heavy (non-hydrogen) atoms. The molecule has 3 nitrogen and oxygen atoms in total. The molecular weight excluding hydrogens is 218 g/mol. The van der Waals surface area contributed by atoms with Crippen LogP contribution in [0.2, 0.25) is 5.15 Å². The maximum Gasteiger partial charge on any atom is 0.185 e. The summed E-state index contributed by atoms with van der Waals surface area (Å²) < 4.78 is 0. The van der Waals surface area contributed by atoms with Crippen LogP contribution in [0.5, 0.6) is 0 Å². The summed E-state index contributed by atoms with van der Waals surface area (Å²) in [4.78, 5) is 4.51. The van der Waals surface area contributed by atoms with Gasteiger partial charge in [0.15, 0.2) is 10.3 Å². The first-order valence-corrected chi connectivity index (χ1v) is 5.67. The maximum atomic E-state index is 8.66. The van der Waals surface area contributed by atoms with E-state index in [4.69, 9.17) is 16.9 Å². The van der Waals surface area contributed by atoms with Crippen molar-refractivity contribution >= 4 is 28.1 Å². The van der Waals surface area contributed by atoms with E-state index in [1.54, 1.807) is 0 Å². The highest BCUT2D eigenvalue weighted by molar-refractivity contribution is 7.16. The maximum absolute atomic E-state index is 8.66. The van der Waals surface area contributed by atoms with Crippen LogP contribution in [0.15, 0.2) is 0 Å². The Balaban J connectivity index is 2.56. The second-order valence-electron chi connectivity index (χ2n) is 3.15. The quantitative estimate of drug-likeness (QED) is 0.863. The SMILES string of the molecule is CCC(C)CNc1nc(Cl)c(C#N)s1. The van der Waals surface area contributed by atoms with Gasteiger partial charge in [-0.05, 0) is 5.92 Å². The summed E-state index contributed by atoms with van der Waals surface area (Å²) in [5, 5.41) is 12.9. The molecule has 0 aliphatic heterocycles. The third-order valence-corrected chi connectivity index (χ3v) is 3.29. The highest BCUT2D eigenvalue weighted by atomic mass is 35.5. The van der Waals surface area contributed by atoms with E-state index in [0.29, 0.717) is 15.9 Å². The van der Waals surface area contributed by atoms with E-state index in [1.807, 2.05) is 6.07 Å². The molecule has 0 bridgehead atoms. The van der Waals surface area contributed by atoms with Gasteiger partial charge in [0.05, 0.1) is 0 Å². The Morgan fingerprint density at radius 2 is 2.43 bits per heavy atom. The topological polar surface area (TPSA) is 48.7 Å². The molecule has 0 saturated carbocycles. The summed E-state index contributed by atoms with van der Waals surface area (Å²) in [5.41, 5.74) is 0. The minimum atomic E-state index is 0.296. The number of hydrogen-bond donors (Lipinski definition) is 1. The number of halogens is 1.